The van der Waals surface area contributed by atoms with Crippen molar-refractivity contribution in [3.8, 4) is 0 Å². The number of amides is 1. The maximum absolute atomic E-state index is 12.3. The first-order chi connectivity index (χ1) is 8.84. The largest absolute Gasteiger partial charge is 0.481 e. The molecule has 5 heteroatoms. The van der Waals surface area contributed by atoms with Crippen LogP contribution in [0.2, 0.25) is 0 Å². The topological polar surface area (TPSA) is 78.4 Å². The van der Waals surface area contributed by atoms with Gasteiger partial charge in [0.1, 0.15) is 0 Å². The molecular weight excluding hydrogens is 244 g/mol. The van der Waals surface area contributed by atoms with Gasteiger partial charge in [-0.1, -0.05) is 13.8 Å². The van der Waals surface area contributed by atoms with E-state index in [0.29, 0.717) is 12.3 Å². The van der Waals surface area contributed by atoms with Crippen molar-refractivity contribution in [2.24, 2.45) is 11.3 Å². The second kappa shape index (κ2) is 6.89. The number of carboxylic acid groups (broad SMARTS) is 1. The Balaban J connectivity index is 2.47. The van der Waals surface area contributed by atoms with Crippen LogP contribution in [0, 0.1) is 11.3 Å². The number of aliphatic carboxylic acids is 1. The molecule has 1 saturated heterocycles. The van der Waals surface area contributed by atoms with E-state index in [2.05, 4.69) is 10.6 Å². The summed E-state index contributed by atoms with van der Waals surface area (Å²) in [5.74, 6) is -0.455. The molecule has 1 rings (SSSR count). The highest BCUT2D eigenvalue weighted by Crippen LogP contribution is 2.32. The van der Waals surface area contributed by atoms with E-state index in [0.717, 1.165) is 25.9 Å². The highest BCUT2D eigenvalue weighted by molar-refractivity contribution is 5.82. The fourth-order valence-electron chi connectivity index (χ4n) is 2.48. The zero-order valence-corrected chi connectivity index (χ0v) is 12.2. The third-order valence-corrected chi connectivity index (χ3v) is 4.07. The molecule has 0 aliphatic carbocycles. The lowest BCUT2D eigenvalue weighted by molar-refractivity contribution is -0.138. The van der Waals surface area contributed by atoms with Crippen molar-refractivity contribution in [2.75, 3.05) is 13.1 Å². The van der Waals surface area contributed by atoms with Crippen molar-refractivity contribution < 1.29 is 14.7 Å². The van der Waals surface area contributed by atoms with Gasteiger partial charge in [0.25, 0.3) is 0 Å². The van der Waals surface area contributed by atoms with Crippen molar-refractivity contribution in [1.82, 2.24) is 10.6 Å². The molecule has 2 atom stereocenters. The number of nitrogens with one attached hydrogen (secondary N) is 2. The van der Waals surface area contributed by atoms with E-state index in [-0.39, 0.29) is 18.4 Å². The van der Waals surface area contributed by atoms with Crippen LogP contribution in [0.4, 0.5) is 0 Å². The second-order valence-corrected chi connectivity index (χ2v) is 6.07. The first-order valence-electron chi connectivity index (χ1n) is 7.07. The summed E-state index contributed by atoms with van der Waals surface area (Å²) < 4.78 is 0. The van der Waals surface area contributed by atoms with Crippen molar-refractivity contribution in [1.29, 1.82) is 0 Å². The maximum atomic E-state index is 12.3. The smallest absolute Gasteiger partial charge is 0.303 e. The molecule has 1 heterocycles. The molecule has 110 valence electrons. The lowest BCUT2D eigenvalue weighted by Crippen LogP contribution is -2.49. The summed E-state index contributed by atoms with van der Waals surface area (Å²) in [5.41, 5.74) is -0.412. The van der Waals surface area contributed by atoms with Crippen LogP contribution in [0.25, 0.3) is 0 Å². The second-order valence-electron chi connectivity index (χ2n) is 6.07. The van der Waals surface area contributed by atoms with Gasteiger partial charge in [-0.25, -0.2) is 0 Å². The van der Waals surface area contributed by atoms with E-state index in [4.69, 9.17) is 5.11 Å². The number of hydrogen-bond donors (Lipinski definition) is 3. The molecular formula is C14H26N2O3. The number of rotatable bonds is 6. The highest BCUT2D eigenvalue weighted by atomic mass is 16.4. The predicted octanol–water partition coefficient (Wildman–Crippen LogP) is 1.38. The lowest BCUT2D eigenvalue weighted by atomic mass is 9.74. The first kappa shape index (κ1) is 16.0. The van der Waals surface area contributed by atoms with Gasteiger partial charge in [0.15, 0.2) is 0 Å². The molecule has 1 aliphatic rings. The predicted molar refractivity (Wildman–Crippen MR) is 73.8 cm³/mol. The minimum Gasteiger partial charge on any atom is -0.481 e. The summed E-state index contributed by atoms with van der Waals surface area (Å²) in [6, 6.07) is -0.0978. The molecule has 2 unspecified atom stereocenters. The molecule has 1 aliphatic heterocycles. The quantitative estimate of drug-likeness (QED) is 0.681. The van der Waals surface area contributed by atoms with Crippen LogP contribution in [0.1, 0.15) is 46.5 Å². The van der Waals surface area contributed by atoms with Gasteiger partial charge >= 0.3 is 5.97 Å². The fraction of sp³-hybridized carbons (Fsp3) is 0.857. The van der Waals surface area contributed by atoms with Gasteiger partial charge in [0.05, 0.1) is 0 Å². The van der Waals surface area contributed by atoms with Gasteiger partial charge in [0, 0.05) is 17.9 Å². The zero-order chi connectivity index (χ0) is 14.5. The molecule has 0 aromatic carbocycles. The molecule has 1 amide bonds. The summed E-state index contributed by atoms with van der Waals surface area (Å²) >= 11 is 0. The number of hydrogen-bond acceptors (Lipinski definition) is 3. The Labute approximate surface area is 115 Å². The number of piperidine rings is 1. The monoisotopic (exact) mass is 270 g/mol. The van der Waals surface area contributed by atoms with Crippen LogP contribution in [0.5, 0.6) is 0 Å². The van der Waals surface area contributed by atoms with Crippen LogP contribution >= 0.6 is 0 Å². The number of carbonyl (C=O) groups excluding carboxylic acids is 1. The van der Waals surface area contributed by atoms with Gasteiger partial charge in [-0.2, -0.15) is 0 Å². The van der Waals surface area contributed by atoms with E-state index < -0.39 is 11.4 Å². The summed E-state index contributed by atoms with van der Waals surface area (Å²) in [4.78, 5) is 22.8. The first-order valence-corrected chi connectivity index (χ1v) is 7.07. The Morgan fingerprint density at radius 1 is 1.47 bits per heavy atom. The molecule has 0 aromatic heterocycles. The van der Waals surface area contributed by atoms with E-state index in [1.165, 1.54) is 0 Å². The van der Waals surface area contributed by atoms with Crippen LogP contribution in [-0.2, 0) is 9.59 Å². The minimum absolute atomic E-state index is 0.0269. The normalized spacial score (nSPS) is 21.7. The van der Waals surface area contributed by atoms with Crippen molar-refractivity contribution >= 4 is 11.9 Å². The van der Waals surface area contributed by atoms with Gasteiger partial charge in [-0.05, 0) is 45.2 Å². The lowest BCUT2D eigenvalue weighted by Gasteiger charge is -2.36. The molecule has 19 heavy (non-hydrogen) atoms. The molecule has 5 nitrogen and oxygen atoms in total. The molecule has 0 aromatic rings. The molecule has 3 N–H and O–H groups in total. The Hall–Kier alpha value is -1.10. The van der Waals surface area contributed by atoms with E-state index in [1.54, 1.807) is 0 Å². The Morgan fingerprint density at radius 3 is 2.68 bits per heavy atom. The zero-order valence-electron chi connectivity index (χ0n) is 12.2. The summed E-state index contributed by atoms with van der Waals surface area (Å²) in [5, 5.41) is 14.9. The average Bonchev–Trinajstić information content (AvgIpc) is 2.37. The average molecular weight is 270 g/mol. The van der Waals surface area contributed by atoms with Gasteiger partial charge in [-0.3, -0.25) is 9.59 Å². The SMILES string of the molecule is CC(CCC(=O)O)NC(=O)C(C)(C)C1CCCNC1. The third-order valence-electron chi connectivity index (χ3n) is 4.07. The van der Waals surface area contributed by atoms with E-state index >= 15 is 0 Å². The highest BCUT2D eigenvalue weighted by Gasteiger charge is 2.37. The molecule has 1 fully saturated rings. The standard InChI is InChI=1S/C14H26N2O3/c1-10(6-7-12(17)18)16-13(19)14(2,3)11-5-4-8-15-9-11/h10-11,15H,4-9H2,1-3H3,(H,16,19)(H,17,18). The summed E-state index contributed by atoms with van der Waals surface area (Å²) in [7, 11) is 0. The minimum atomic E-state index is -0.822. The van der Waals surface area contributed by atoms with Crippen LogP contribution in [-0.4, -0.2) is 36.1 Å². The summed E-state index contributed by atoms with van der Waals surface area (Å²) in [6.07, 6.45) is 2.74. The summed E-state index contributed by atoms with van der Waals surface area (Å²) in [6.45, 7) is 7.72. The maximum Gasteiger partial charge on any atom is 0.303 e. The third kappa shape index (κ3) is 4.82. The van der Waals surface area contributed by atoms with Gasteiger partial charge < -0.3 is 15.7 Å². The van der Waals surface area contributed by atoms with Crippen LogP contribution in [0.3, 0.4) is 0 Å². The van der Waals surface area contributed by atoms with Crippen LogP contribution < -0.4 is 10.6 Å². The van der Waals surface area contributed by atoms with Crippen LogP contribution in [0.15, 0.2) is 0 Å². The van der Waals surface area contributed by atoms with Crippen molar-refractivity contribution in [2.45, 2.75) is 52.5 Å². The Bertz CT molecular complexity index is 323. The van der Waals surface area contributed by atoms with Gasteiger partial charge in [-0.15, -0.1) is 0 Å². The Kier molecular flexibility index (Phi) is 5.79. The van der Waals surface area contributed by atoms with Gasteiger partial charge in [0.2, 0.25) is 5.91 Å². The number of carboxylic acids is 1. The van der Waals surface area contributed by atoms with Crippen molar-refractivity contribution in [3.05, 3.63) is 0 Å². The van der Waals surface area contributed by atoms with E-state index in [9.17, 15) is 9.59 Å². The molecule has 0 radical (unpaired) electrons. The Morgan fingerprint density at radius 2 is 2.16 bits per heavy atom. The van der Waals surface area contributed by atoms with E-state index in [1.807, 2.05) is 20.8 Å². The van der Waals surface area contributed by atoms with Crippen molar-refractivity contribution in [3.63, 3.8) is 0 Å². The molecule has 0 saturated carbocycles. The number of carbonyl (C=O) groups is 2. The fourth-order valence-corrected chi connectivity index (χ4v) is 2.48. The molecule has 0 spiro atoms. The molecule has 0 bridgehead atoms.